The Morgan fingerprint density at radius 1 is 1.21 bits per heavy atom. The Labute approximate surface area is 185 Å². The van der Waals surface area contributed by atoms with Gasteiger partial charge in [-0.3, -0.25) is 4.79 Å². The zero-order valence-corrected chi connectivity index (χ0v) is 17.2. The lowest BCUT2D eigenvalue weighted by Gasteiger charge is -2.42. The Bertz CT molecular complexity index is 978. The van der Waals surface area contributed by atoms with Gasteiger partial charge in [-0.2, -0.15) is 13.2 Å². The molecule has 0 aromatic carbocycles. The summed E-state index contributed by atoms with van der Waals surface area (Å²) in [4.78, 5) is 35.4. The normalized spacial score (nSPS) is 22.1. The number of rotatable bonds is 4. The van der Waals surface area contributed by atoms with Gasteiger partial charge in [0.2, 0.25) is 11.7 Å². The first-order valence-electron chi connectivity index (χ1n) is 9.84. The van der Waals surface area contributed by atoms with Crippen LogP contribution in [0.1, 0.15) is 23.5 Å². The number of likely N-dealkylation sites (tertiary alicyclic amines) is 1. The number of hydrogen-bond acceptors (Lipinski definition) is 7. The van der Waals surface area contributed by atoms with E-state index < -0.39 is 18.0 Å². The van der Waals surface area contributed by atoms with Gasteiger partial charge in [0.1, 0.15) is 0 Å². The van der Waals surface area contributed by atoms with Crippen molar-refractivity contribution in [3.8, 4) is 5.88 Å². The molecule has 1 N–H and O–H groups in total. The molecule has 4 heterocycles. The fourth-order valence-electron chi connectivity index (χ4n) is 3.67. The predicted octanol–water partition coefficient (Wildman–Crippen LogP) is 2.34. The molecule has 2 atom stereocenters. The molecule has 2 aromatic rings. The van der Waals surface area contributed by atoms with Crippen molar-refractivity contribution in [3.05, 3.63) is 48.4 Å². The van der Waals surface area contributed by atoms with Gasteiger partial charge >= 0.3 is 12.1 Å². The van der Waals surface area contributed by atoms with E-state index in [0.717, 1.165) is 6.42 Å². The van der Waals surface area contributed by atoms with Crippen LogP contribution in [0.2, 0.25) is 0 Å². The predicted molar refractivity (Wildman–Crippen MR) is 103 cm³/mol. The van der Waals surface area contributed by atoms with Crippen LogP contribution < -0.4 is 4.74 Å². The number of carbonyl (C=O) groups is 2. The highest BCUT2D eigenvalue weighted by Crippen LogP contribution is 2.41. The summed E-state index contributed by atoms with van der Waals surface area (Å²) in [6.07, 6.45) is 0.929. The molecule has 2 saturated heterocycles. The van der Waals surface area contributed by atoms with Gasteiger partial charge in [-0.25, -0.2) is 24.1 Å². The molecule has 178 valence electrons. The van der Waals surface area contributed by atoms with Gasteiger partial charge < -0.3 is 19.5 Å². The van der Waals surface area contributed by atoms with Gasteiger partial charge in [-0.1, -0.05) is 0 Å². The Balaban J connectivity index is 0.000000383. The zero-order chi connectivity index (χ0) is 24.1. The van der Waals surface area contributed by atoms with E-state index in [1.54, 1.807) is 23.4 Å². The molecule has 2 aliphatic rings. The monoisotopic (exact) mass is 472 g/mol. The molecule has 0 unspecified atom stereocenters. The van der Waals surface area contributed by atoms with Gasteiger partial charge in [-0.05, 0) is 31.0 Å². The first-order chi connectivity index (χ1) is 15.6. The van der Waals surface area contributed by atoms with Crippen LogP contribution in [0.5, 0.6) is 5.88 Å². The molecule has 0 spiro atoms. The van der Waals surface area contributed by atoms with E-state index in [1.165, 1.54) is 18.3 Å². The maximum Gasteiger partial charge on any atom is 0.490 e. The van der Waals surface area contributed by atoms with E-state index in [-0.39, 0.29) is 35.7 Å². The average Bonchev–Trinajstić information content (AvgIpc) is 3.22. The fraction of sp³-hybridized carbons (Fsp3) is 0.450. The number of ether oxygens (including phenoxy) is 2. The van der Waals surface area contributed by atoms with E-state index in [0.29, 0.717) is 26.1 Å². The van der Waals surface area contributed by atoms with Crippen molar-refractivity contribution in [2.45, 2.75) is 25.1 Å². The summed E-state index contributed by atoms with van der Waals surface area (Å²) in [7, 11) is 0. The third-order valence-electron chi connectivity index (χ3n) is 5.28. The van der Waals surface area contributed by atoms with Gasteiger partial charge in [0.05, 0.1) is 18.1 Å². The number of piperidine rings is 1. The van der Waals surface area contributed by atoms with Gasteiger partial charge in [-0.15, -0.1) is 0 Å². The molecule has 13 heteroatoms. The van der Waals surface area contributed by atoms with Crippen LogP contribution in [0, 0.1) is 11.2 Å². The molecule has 4 rings (SSSR count). The van der Waals surface area contributed by atoms with Crippen molar-refractivity contribution < 1.29 is 41.7 Å². The molecular weight excluding hydrogens is 452 g/mol. The minimum absolute atomic E-state index is 0.0185. The number of halogens is 4. The van der Waals surface area contributed by atoms with Crippen molar-refractivity contribution in [1.29, 1.82) is 0 Å². The van der Waals surface area contributed by atoms with Gasteiger partial charge in [0.15, 0.2) is 5.82 Å². The van der Waals surface area contributed by atoms with Crippen LogP contribution in [0.3, 0.4) is 0 Å². The van der Waals surface area contributed by atoms with E-state index in [2.05, 4.69) is 15.0 Å². The molecule has 2 fully saturated rings. The number of aliphatic carboxylic acids is 1. The van der Waals surface area contributed by atoms with Crippen molar-refractivity contribution in [3.63, 3.8) is 0 Å². The number of hydrogen-bond donors (Lipinski definition) is 1. The van der Waals surface area contributed by atoms with Crippen LogP contribution in [-0.2, 0) is 9.53 Å². The first kappa shape index (κ1) is 24.3. The molecular formula is C20H20F4N4O5. The Morgan fingerprint density at radius 2 is 1.88 bits per heavy atom. The lowest BCUT2D eigenvalue weighted by Crippen LogP contribution is -2.54. The largest absolute Gasteiger partial charge is 0.490 e. The second kappa shape index (κ2) is 10.1. The SMILES string of the molecule is O=C(O)C(F)(F)F.O=C(c1ncccn1)N1CC[C@H]2OCC[C@@]2(COc2ncccc2F)C1. The number of alkyl halides is 3. The number of pyridine rings is 1. The highest BCUT2D eigenvalue weighted by atomic mass is 19.4. The van der Waals surface area contributed by atoms with E-state index in [4.69, 9.17) is 19.4 Å². The van der Waals surface area contributed by atoms with Crippen LogP contribution in [0.15, 0.2) is 36.8 Å². The van der Waals surface area contributed by atoms with E-state index in [1.807, 2.05) is 0 Å². The van der Waals surface area contributed by atoms with Crippen molar-refractivity contribution in [2.24, 2.45) is 5.41 Å². The number of carbonyl (C=O) groups excluding carboxylic acids is 1. The second-order valence-electron chi connectivity index (χ2n) is 7.44. The second-order valence-corrected chi connectivity index (χ2v) is 7.44. The third-order valence-corrected chi connectivity index (χ3v) is 5.28. The maximum absolute atomic E-state index is 13.8. The smallest absolute Gasteiger partial charge is 0.475 e. The number of nitrogens with zero attached hydrogens (tertiary/aromatic N) is 4. The van der Waals surface area contributed by atoms with Crippen molar-refractivity contribution >= 4 is 11.9 Å². The molecule has 9 nitrogen and oxygen atoms in total. The lowest BCUT2D eigenvalue weighted by atomic mass is 9.77. The molecule has 0 bridgehead atoms. The van der Waals surface area contributed by atoms with Gasteiger partial charge in [0, 0.05) is 38.3 Å². The summed E-state index contributed by atoms with van der Waals surface area (Å²) in [6, 6.07) is 4.50. The molecule has 2 aliphatic heterocycles. The lowest BCUT2D eigenvalue weighted by molar-refractivity contribution is -0.192. The van der Waals surface area contributed by atoms with Crippen LogP contribution in [0.4, 0.5) is 17.6 Å². The molecule has 0 saturated carbocycles. The van der Waals surface area contributed by atoms with Crippen molar-refractivity contribution in [2.75, 3.05) is 26.3 Å². The van der Waals surface area contributed by atoms with E-state index >= 15 is 0 Å². The molecule has 1 amide bonds. The molecule has 33 heavy (non-hydrogen) atoms. The Kier molecular flexibility index (Phi) is 7.41. The topological polar surface area (TPSA) is 115 Å². The Morgan fingerprint density at radius 3 is 2.52 bits per heavy atom. The number of aromatic nitrogens is 3. The maximum atomic E-state index is 13.8. The van der Waals surface area contributed by atoms with E-state index in [9.17, 15) is 22.4 Å². The molecule has 2 aromatic heterocycles. The Hall–Kier alpha value is -3.35. The van der Waals surface area contributed by atoms with Crippen LogP contribution in [0.25, 0.3) is 0 Å². The zero-order valence-electron chi connectivity index (χ0n) is 17.2. The van der Waals surface area contributed by atoms with Gasteiger partial charge in [0.25, 0.3) is 5.91 Å². The summed E-state index contributed by atoms with van der Waals surface area (Å²) >= 11 is 0. The third kappa shape index (κ3) is 5.92. The summed E-state index contributed by atoms with van der Waals surface area (Å²) in [5.74, 6) is -3.31. The number of amides is 1. The minimum atomic E-state index is -5.08. The minimum Gasteiger partial charge on any atom is -0.475 e. The number of fused-ring (bicyclic) bond motifs is 1. The van der Waals surface area contributed by atoms with Crippen molar-refractivity contribution in [1.82, 2.24) is 19.9 Å². The molecule has 0 aliphatic carbocycles. The summed E-state index contributed by atoms with van der Waals surface area (Å²) < 4.78 is 57.1. The quantitative estimate of drug-likeness (QED) is 0.675. The highest BCUT2D eigenvalue weighted by molar-refractivity contribution is 5.90. The first-order valence-corrected chi connectivity index (χ1v) is 9.84. The summed E-state index contributed by atoms with van der Waals surface area (Å²) in [6.45, 7) is 1.87. The summed E-state index contributed by atoms with van der Waals surface area (Å²) in [5, 5.41) is 7.12. The van der Waals surface area contributed by atoms with Crippen LogP contribution >= 0.6 is 0 Å². The molecule has 0 radical (unpaired) electrons. The number of carboxylic acid groups (broad SMARTS) is 1. The fourth-order valence-corrected chi connectivity index (χ4v) is 3.67. The summed E-state index contributed by atoms with van der Waals surface area (Å²) in [5.41, 5.74) is -0.382. The van der Waals surface area contributed by atoms with Crippen LogP contribution in [-0.4, -0.2) is 75.4 Å². The highest BCUT2D eigenvalue weighted by Gasteiger charge is 2.50. The number of carboxylic acids is 1. The average molecular weight is 472 g/mol. The standard InChI is InChI=1S/C18H19FN4O3.C2HF3O2/c19-13-3-1-6-22-16(13)26-12-18-5-10-25-14(18)4-9-23(11-18)17(24)15-20-7-2-8-21-15;3-2(4,5)1(6)7/h1-3,6-8,14H,4-5,9-12H2;(H,6,7)/t14-,18+;/m1./s1.